The number of carbonyl (C=O) groups is 13. The Bertz CT molecular complexity index is 3400. The average molecular weight is 1850 g/mol. The lowest BCUT2D eigenvalue weighted by Crippen LogP contribution is -2.64. The number of ether oxygens (including phenoxy) is 9. The van der Waals surface area contributed by atoms with Crippen LogP contribution in [0.5, 0.6) is 0 Å². The molecular formula is C83H150N18O24S2. The van der Waals surface area contributed by atoms with Crippen molar-refractivity contribution in [3.05, 3.63) is 0 Å². The topological polar surface area (TPSA) is 575 Å². The standard InChI is InChI=1S/C83H150N18O24S2/c1-13-53(4)58(50-99-27-17-21-61(99)72(109)88-26-31-118-33-35-120-37-39-122-41-43-124-45-47-125-46-44-123-42-40-121-38-36-119-34-32-117-30-24-64(84)104)92-76(113)68-83(10,11)127-126-78(98-75(112)66(54(5)14-2)95-65(105)49-87-12)77(114)94-60(52-103)70(107)90-56(20-16-25-89-81(85)86)69(106)93-59(51-102)71(108)91-57(48-82(7,8)9)79(115)101-29-19-23-63(101)80(116)100-28-18-22-62(100)73(110)96-67(55(6)15-3)74(111)97-68/h53-63,66-68,78,87,102-103H,13-52H2,1-12H3,(H2,84,104)(H,88,109)(H,90,107)(H,91,108)(H,92,113)(H,93,106)(H,94,114)(H,95,105)(H,96,110)(H,97,111)(H,98,112)(H4,85,86,89)/t53-,54-,55-,56-,57-,58+,59-,60-,61-,62-,63-,66-,67-,68+,78-/m0/s1. The molecule has 127 heavy (non-hydrogen) atoms. The minimum absolute atomic E-state index is 0.00105. The Balaban J connectivity index is 1.58. The fourth-order valence-corrected chi connectivity index (χ4v) is 17.0. The molecule has 0 aromatic heterocycles. The number of primary amides is 1. The van der Waals surface area contributed by atoms with Crippen LogP contribution < -0.4 is 75.3 Å². The van der Waals surface area contributed by atoms with Crippen molar-refractivity contribution >= 4 is 104 Å². The first-order chi connectivity index (χ1) is 60.6. The lowest BCUT2D eigenvalue weighted by molar-refractivity contribution is -0.148. The molecule has 0 aliphatic carbocycles. The van der Waals surface area contributed by atoms with E-state index in [0.717, 1.165) is 10.8 Å². The quantitative estimate of drug-likeness (QED) is 0.0126. The zero-order chi connectivity index (χ0) is 94.0. The van der Waals surface area contributed by atoms with Gasteiger partial charge in [-0.2, -0.15) is 0 Å². The van der Waals surface area contributed by atoms with Gasteiger partial charge in [0.1, 0.15) is 54.4 Å². The summed E-state index contributed by atoms with van der Waals surface area (Å²) < 4.78 is 48.2. The number of carbonyl (C=O) groups excluding carboxylic acids is 13. The van der Waals surface area contributed by atoms with Crippen molar-refractivity contribution in [1.82, 2.24) is 78.5 Å². The summed E-state index contributed by atoms with van der Waals surface area (Å²) in [5, 5.41) is 60.7. The Labute approximate surface area is 755 Å². The van der Waals surface area contributed by atoms with E-state index >= 15 is 28.8 Å². The summed E-state index contributed by atoms with van der Waals surface area (Å²) in [5.74, 6) is -11.6. The number of nitrogens with one attached hydrogen (secondary N) is 13. The highest BCUT2D eigenvalue weighted by Crippen LogP contribution is 2.41. The van der Waals surface area contributed by atoms with E-state index in [-0.39, 0.29) is 116 Å². The molecule has 0 spiro atoms. The maximum Gasteiger partial charge on any atom is 0.254 e. The van der Waals surface area contributed by atoms with Crippen molar-refractivity contribution in [2.45, 2.75) is 236 Å². The van der Waals surface area contributed by atoms with Gasteiger partial charge in [-0.25, -0.2) is 0 Å². The van der Waals surface area contributed by atoms with Gasteiger partial charge in [0.25, 0.3) is 5.91 Å². The van der Waals surface area contributed by atoms with Crippen molar-refractivity contribution in [3.8, 4) is 0 Å². The average Bonchev–Trinajstić information content (AvgIpc) is 1.69. The third kappa shape index (κ3) is 41.7. The number of rotatable bonds is 53. The predicted octanol–water partition coefficient (Wildman–Crippen LogP) is -2.89. The van der Waals surface area contributed by atoms with Crippen LogP contribution in [0.2, 0.25) is 0 Å². The largest absolute Gasteiger partial charge is 0.394 e. The lowest BCUT2D eigenvalue weighted by Gasteiger charge is -2.38. The minimum atomic E-state index is -1.90. The van der Waals surface area contributed by atoms with Crippen molar-refractivity contribution in [3.63, 3.8) is 0 Å². The van der Waals surface area contributed by atoms with E-state index in [4.69, 9.17) is 59.5 Å². The molecule has 0 aromatic carbocycles. The van der Waals surface area contributed by atoms with Gasteiger partial charge in [-0.1, -0.05) is 103 Å². The van der Waals surface area contributed by atoms with E-state index in [1.54, 1.807) is 41.5 Å². The zero-order valence-electron chi connectivity index (χ0n) is 76.6. The fraction of sp³-hybridized carbons (Fsp3) is 0.831. The second kappa shape index (κ2) is 61.2. The SMILES string of the molecule is CC[C@H](C)[C@H](NC(=O)CNC)C(=O)N[C@H]1SSC(C)(C)[C@@H](C(=O)N[C@H](CN2CCC[C@H]2C(=O)NCCOCCOCCOCCOCCOCCOCCOCCOCCOCCC(N)=O)[C@@H](C)CC)NC(=O)[C@H]([C@@H](C)CC)NC(=O)[C@@H]2CCCN2C(=O)[C@@H]2CCCN2C(=O)[C@H](CC(C)(C)C)NC(=O)[C@H](CO)NC(=O)[C@H](CCCNC(=N)N)NC(=O)[C@H](CO)NC1=O. The number of guanidine groups is 1. The van der Waals surface area contributed by atoms with Gasteiger partial charge in [0.15, 0.2) is 11.3 Å². The minimum Gasteiger partial charge on any atom is -0.394 e. The number of likely N-dealkylation sites (N-methyl/N-ethyl adjacent to an activating group) is 1. The first-order valence-corrected chi connectivity index (χ1v) is 46.9. The van der Waals surface area contributed by atoms with Crippen LogP contribution in [0.1, 0.15) is 160 Å². The molecule has 0 radical (unpaired) electrons. The van der Waals surface area contributed by atoms with Crippen molar-refractivity contribution in [2.24, 2.45) is 34.6 Å². The molecule has 0 saturated carbocycles. The third-order valence-electron chi connectivity index (χ3n) is 22.2. The fourth-order valence-electron chi connectivity index (χ4n) is 14.4. The summed E-state index contributed by atoms with van der Waals surface area (Å²) in [7, 11) is 3.08. The van der Waals surface area contributed by atoms with Crippen LogP contribution in [0.25, 0.3) is 0 Å². The van der Waals surface area contributed by atoms with Crippen LogP contribution in [0.3, 0.4) is 0 Å². The molecule has 44 heteroatoms. The van der Waals surface area contributed by atoms with E-state index < -0.39 is 184 Å². The molecule has 4 fully saturated rings. The van der Waals surface area contributed by atoms with Crippen molar-refractivity contribution in [2.75, 3.05) is 185 Å². The number of nitrogens with zero attached hydrogens (tertiary/aromatic N) is 3. The summed E-state index contributed by atoms with van der Waals surface area (Å²) in [6, 6.07) is -14.3. The van der Waals surface area contributed by atoms with Gasteiger partial charge < -0.3 is 138 Å². The Morgan fingerprint density at radius 1 is 0.551 bits per heavy atom. The molecule has 0 bridgehead atoms. The molecule has 19 N–H and O–H groups in total. The van der Waals surface area contributed by atoms with Crippen molar-refractivity contribution in [1.29, 1.82) is 5.41 Å². The highest BCUT2D eigenvalue weighted by Gasteiger charge is 2.48. The van der Waals surface area contributed by atoms with Gasteiger partial charge >= 0.3 is 0 Å². The van der Waals surface area contributed by atoms with E-state index in [9.17, 15) is 43.8 Å². The molecule has 15 atom stereocenters. The monoisotopic (exact) mass is 1850 g/mol. The number of hydrogen-bond donors (Lipinski definition) is 17. The van der Waals surface area contributed by atoms with E-state index in [1.807, 2.05) is 39.5 Å². The van der Waals surface area contributed by atoms with Gasteiger partial charge in [-0.15, -0.1) is 0 Å². The highest BCUT2D eigenvalue weighted by molar-refractivity contribution is 8.77. The van der Waals surface area contributed by atoms with Gasteiger partial charge in [0, 0.05) is 45.2 Å². The number of nitrogens with two attached hydrogens (primary N) is 2. The molecule has 42 nitrogen and oxygen atoms in total. The van der Waals surface area contributed by atoms with E-state index in [1.165, 1.54) is 16.8 Å². The van der Waals surface area contributed by atoms with Crippen LogP contribution in [0.15, 0.2) is 0 Å². The normalized spacial score (nSPS) is 23.5. The highest BCUT2D eigenvalue weighted by atomic mass is 33.1. The molecule has 4 heterocycles. The summed E-state index contributed by atoms with van der Waals surface area (Å²) in [4.78, 5) is 193. The molecule has 13 amide bonds. The lowest BCUT2D eigenvalue weighted by atomic mass is 9.87. The maximum atomic E-state index is 15.8. The van der Waals surface area contributed by atoms with Crippen molar-refractivity contribution < 1.29 is 115 Å². The number of hydrogen-bond acceptors (Lipinski definition) is 29. The number of fused-ring (bicyclic) bond motifs is 2. The smallest absolute Gasteiger partial charge is 0.254 e. The molecule has 4 rings (SSSR count). The summed E-state index contributed by atoms with van der Waals surface area (Å²) in [6.45, 7) is 24.8. The summed E-state index contributed by atoms with van der Waals surface area (Å²) in [6.07, 6.45) is 3.48. The van der Waals surface area contributed by atoms with Crippen LogP contribution in [-0.4, -0.2) is 369 Å². The molecule has 0 aromatic rings. The molecule has 4 aliphatic rings. The molecule has 0 unspecified atom stereocenters. The first-order valence-electron chi connectivity index (χ1n) is 44.7. The number of aliphatic hydroxyl groups is 2. The molecule has 4 aliphatic heterocycles. The Kier molecular flexibility index (Phi) is 54.0. The van der Waals surface area contributed by atoms with Gasteiger partial charge in [0.2, 0.25) is 70.9 Å². The summed E-state index contributed by atoms with van der Waals surface area (Å²) in [5.41, 5.74) is 9.97. The van der Waals surface area contributed by atoms with Crippen LogP contribution in [-0.2, 0) is 105 Å². The Morgan fingerprint density at radius 2 is 1.03 bits per heavy atom. The second-order valence-electron chi connectivity index (χ2n) is 33.9. The van der Waals surface area contributed by atoms with Crippen LogP contribution >= 0.6 is 21.6 Å². The van der Waals surface area contributed by atoms with Gasteiger partial charge in [-0.3, -0.25) is 72.6 Å². The van der Waals surface area contributed by atoms with Crippen LogP contribution in [0, 0.1) is 28.6 Å². The maximum absolute atomic E-state index is 15.8. The second-order valence-corrected chi connectivity index (χ2v) is 36.8. The third-order valence-corrected chi connectivity index (χ3v) is 25.6. The molecule has 4 saturated heterocycles. The van der Waals surface area contributed by atoms with E-state index in [0.29, 0.717) is 155 Å². The van der Waals surface area contributed by atoms with Gasteiger partial charge in [-0.05, 0) is 108 Å². The van der Waals surface area contributed by atoms with Gasteiger partial charge in [0.05, 0.1) is 149 Å². The van der Waals surface area contributed by atoms with Crippen LogP contribution in [0.4, 0.5) is 0 Å². The number of amides is 13. The Hall–Kier alpha value is -7.44. The summed E-state index contributed by atoms with van der Waals surface area (Å²) >= 11 is 0. The van der Waals surface area contributed by atoms with E-state index in [2.05, 4.69) is 63.8 Å². The number of aliphatic hydroxyl groups excluding tert-OH is 2. The number of likely N-dealkylation sites (tertiary alicyclic amines) is 1. The predicted molar refractivity (Wildman–Crippen MR) is 475 cm³/mol. The zero-order valence-corrected chi connectivity index (χ0v) is 78.3. The molecule has 728 valence electrons. The molecular weight excluding hydrogens is 1700 g/mol. The first kappa shape index (κ1) is 112. The Morgan fingerprint density at radius 3 is 1.53 bits per heavy atom.